The summed E-state index contributed by atoms with van der Waals surface area (Å²) in [5.74, 6) is 0. The summed E-state index contributed by atoms with van der Waals surface area (Å²) in [4.78, 5) is 2.67. The number of ether oxygens (including phenoxy) is 2. The maximum atomic E-state index is 8.82. The van der Waals surface area contributed by atoms with Gasteiger partial charge in [0.1, 0.15) is 0 Å². The van der Waals surface area contributed by atoms with Crippen molar-refractivity contribution in [3.8, 4) is 0 Å². The van der Waals surface area contributed by atoms with Gasteiger partial charge in [0.15, 0.2) is 0 Å². The fraction of sp³-hybridized carbons (Fsp3) is 1.00. The van der Waals surface area contributed by atoms with E-state index in [0.29, 0.717) is 12.7 Å². The first kappa shape index (κ1) is 14.8. The molecule has 0 aromatic carbocycles. The van der Waals surface area contributed by atoms with Crippen LogP contribution >= 0.6 is 0 Å². The zero-order valence-electron chi connectivity index (χ0n) is 12.6. The summed E-state index contributed by atoms with van der Waals surface area (Å²) in [5, 5.41) is 8.82. The largest absolute Gasteiger partial charge is 0.394 e. The van der Waals surface area contributed by atoms with Crippen molar-refractivity contribution >= 4 is 0 Å². The molecule has 1 spiro atoms. The van der Waals surface area contributed by atoms with Gasteiger partial charge in [0.2, 0.25) is 0 Å². The lowest BCUT2D eigenvalue weighted by molar-refractivity contribution is -0.109. The second kappa shape index (κ2) is 6.73. The van der Waals surface area contributed by atoms with Gasteiger partial charge in [-0.15, -0.1) is 0 Å². The van der Waals surface area contributed by atoms with Gasteiger partial charge in [-0.1, -0.05) is 12.8 Å². The number of aliphatic hydroxyl groups is 1. The Morgan fingerprint density at radius 1 is 1.15 bits per heavy atom. The molecule has 1 aliphatic carbocycles. The molecular formula is C16H29NO3. The van der Waals surface area contributed by atoms with E-state index in [9.17, 15) is 0 Å². The van der Waals surface area contributed by atoms with Crippen molar-refractivity contribution in [1.29, 1.82) is 0 Å². The van der Waals surface area contributed by atoms with Gasteiger partial charge in [-0.25, -0.2) is 0 Å². The fourth-order valence-corrected chi connectivity index (χ4v) is 4.31. The monoisotopic (exact) mass is 283 g/mol. The quantitative estimate of drug-likeness (QED) is 0.856. The van der Waals surface area contributed by atoms with E-state index in [1.807, 2.05) is 0 Å². The van der Waals surface area contributed by atoms with Gasteiger partial charge < -0.3 is 14.6 Å². The molecule has 1 unspecified atom stereocenters. The molecule has 116 valence electrons. The van der Waals surface area contributed by atoms with Crippen LogP contribution in [-0.2, 0) is 9.47 Å². The first-order valence-electron chi connectivity index (χ1n) is 8.42. The standard InChI is InChI=1S/C16H29NO3/c18-10-12-19-15-3-8-17(9-4-15)14-5-11-20-16(13-14)6-1-2-7-16/h14-15,18H,1-13H2. The van der Waals surface area contributed by atoms with Crippen LogP contribution in [0, 0.1) is 0 Å². The number of rotatable bonds is 4. The SMILES string of the molecule is OCCOC1CCN(C2CCOC3(CCCC3)C2)CC1. The molecule has 0 aromatic rings. The first-order valence-corrected chi connectivity index (χ1v) is 8.42. The van der Waals surface area contributed by atoms with Crippen LogP contribution in [0.15, 0.2) is 0 Å². The van der Waals surface area contributed by atoms with Crippen molar-refractivity contribution < 1.29 is 14.6 Å². The van der Waals surface area contributed by atoms with Crippen LogP contribution in [0.25, 0.3) is 0 Å². The number of piperidine rings is 1. The smallest absolute Gasteiger partial charge is 0.0701 e. The Balaban J connectivity index is 1.48. The van der Waals surface area contributed by atoms with Crippen LogP contribution in [0.4, 0.5) is 0 Å². The predicted octanol–water partition coefficient (Wildman–Crippen LogP) is 1.95. The Morgan fingerprint density at radius 2 is 1.90 bits per heavy atom. The Hall–Kier alpha value is -0.160. The van der Waals surface area contributed by atoms with Crippen LogP contribution in [0.3, 0.4) is 0 Å². The number of aliphatic hydroxyl groups excluding tert-OH is 1. The molecule has 3 aliphatic rings. The average Bonchev–Trinajstić information content (AvgIpc) is 2.93. The Kier molecular flexibility index (Phi) is 4.97. The lowest BCUT2D eigenvalue weighted by atomic mass is 9.87. The first-order chi connectivity index (χ1) is 9.81. The number of nitrogens with zero attached hydrogens (tertiary/aromatic N) is 1. The van der Waals surface area contributed by atoms with Gasteiger partial charge in [0.05, 0.1) is 24.9 Å². The van der Waals surface area contributed by atoms with Crippen molar-refractivity contribution in [3.05, 3.63) is 0 Å². The van der Waals surface area contributed by atoms with Crippen molar-refractivity contribution in [3.63, 3.8) is 0 Å². The minimum absolute atomic E-state index is 0.142. The van der Waals surface area contributed by atoms with E-state index in [1.54, 1.807) is 0 Å². The second-order valence-corrected chi connectivity index (χ2v) is 6.71. The molecule has 4 nitrogen and oxygen atoms in total. The fourth-order valence-electron chi connectivity index (χ4n) is 4.31. The summed E-state index contributed by atoms with van der Waals surface area (Å²) >= 11 is 0. The molecule has 0 radical (unpaired) electrons. The van der Waals surface area contributed by atoms with Crippen LogP contribution in [0.2, 0.25) is 0 Å². The molecule has 3 rings (SSSR count). The summed E-state index contributed by atoms with van der Waals surface area (Å²) in [6, 6.07) is 0.723. The van der Waals surface area contributed by atoms with E-state index in [4.69, 9.17) is 14.6 Å². The molecule has 1 saturated carbocycles. The van der Waals surface area contributed by atoms with Crippen LogP contribution in [0.1, 0.15) is 51.4 Å². The van der Waals surface area contributed by atoms with E-state index in [0.717, 1.165) is 38.6 Å². The highest BCUT2D eigenvalue weighted by molar-refractivity contribution is 4.95. The number of likely N-dealkylation sites (tertiary alicyclic amines) is 1. The summed E-state index contributed by atoms with van der Waals surface area (Å²) in [5.41, 5.74) is 0.229. The molecule has 0 aromatic heterocycles. The van der Waals surface area contributed by atoms with Crippen molar-refractivity contribution in [1.82, 2.24) is 4.90 Å². The molecule has 2 heterocycles. The Bertz CT molecular complexity index is 296. The molecule has 0 amide bonds. The summed E-state index contributed by atoms with van der Waals surface area (Å²) in [7, 11) is 0. The summed E-state index contributed by atoms with van der Waals surface area (Å²) in [6.07, 6.45) is 10.3. The Labute approximate surface area is 122 Å². The van der Waals surface area contributed by atoms with E-state index in [-0.39, 0.29) is 12.2 Å². The molecule has 4 heteroatoms. The van der Waals surface area contributed by atoms with Crippen LogP contribution in [0.5, 0.6) is 0 Å². The third-order valence-corrected chi connectivity index (χ3v) is 5.42. The van der Waals surface area contributed by atoms with Gasteiger partial charge in [0, 0.05) is 25.7 Å². The zero-order chi connectivity index (χ0) is 13.8. The highest BCUT2D eigenvalue weighted by Gasteiger charge is 2.41. The van der Waals surface area contributed by atoms with Gasteiger partial charge in [-0.05, 0) is 38.5 Å². The number of hydrogen-bond acceptors (Lipinski definition) is 4. The van der Waals surface area contributed by atoms with Gasteiger partial charge in [0.25, 0.3) is 0 Å². The molecule has 1 atom stereocenters. The lowest BCUT2D eigenvalue weighted by Crippen LogP contribution is -2.50. The van der Waals surface area contributed by atoms with Crippen molar-refractivity contribution in [2.24, 2.45) is 0 Å². The van der Waals surface area contributed by atoms with Crippen molar-refractivity contribution in [2.75, 3.05) is 32.9 Å². The third-order valence-electron chi connectivity index (χ3n) is 5.42. The topological polar surface area (TPSA) is 41.9 Å². The normalized spacial score (nSPS) is 31.9. The van der Waals surface area contributed by atoms with E-state index in [1.165, 1.54) is 38.5 Å². The molecule has 0 bridgehead atoms. The maximum absolute atomic E-state index is 8.82. The van der Waals surface area contributed by atoms with Gasteiger partial charge in [-0.3, -0.25) is 4.90 Å². The molecule has 2 saturated heterocycles. The maximum Gasteiger partial charge on any atom is 0.0701 e. The molecule has 1 N–H and O–H groups in total. The molecule has 3 fully saturated rings. The highest BCUT2D eigenvalue weighted by Crippen LogP contribution is 2.41. The molecular weight excluding hydrogens is 254 g/mol. The third kappa shape index (κ3) is 3.35. The predicted molar refractivity (Wildman–Crippen MR) is 77.8 cm³/mol. The summed E-state index contributed by atoms with van der Waals surface area (Å²) in [6.45, 7) is 3.88. The van der Waals surface area contributed by atoms with Gasteiger partial charge >= 0.3 is 0 Å². The van der Waals surface area contributed by atoms with Crippen molar-refractivity contribution in [2.45, 2.75) is 69.1 Å². The molecule has 20 heavy (non-hydrogen) atoms. The van der Waals surface area contributed by atoms with E-state index < -0.39 is 0 Å². The van der Waals surface area contributed by atoms with E-state index in [2.05, 4.69) is 4.90 Å². The van der Waals surface area contributed by atoms with Crippen LogP contribution < -0.4 is 0 Å². The minimum Gasteiger partial charge on any atom is -0.394 e. The summed E-state index contributed by atoms with van der Waals surface area (Å²) < 4.78 is 11.8. The molecule has 2 aliphatic heterocycles. The lowest BCUT2D eigenvalue weighted by Gasteiger charge is -2.45. The van der Waals surface area contributed by atoms with Crippen LogP contribution in [-0.4, -0.2) is 60.7 Å². The average molecular weight is 283 g/mol. The number of hydrogen-bond donors (Lipinski definition) is 1. The van der Waals surface area contributed by atoms with E-state index >= 15 is 0 Å². The zero-order valence-corrected chi connectivity index (χ0v) is 12.6. The highest BCUT2D eigenvalue weighted by atomic mass is 16.5. The minimum atomic E-state index is 0.142. The Morgan fingerprint density at radius 3 is 2.60 bits per heavy atom. The van der Waals surface area contributed by atoms with Gasteiger partial charge in [-0.2, -0.15) is 0 Å². The second-order valence-electron chi connectivity index (χ2n) is 6.71.